The number of carbonyl (C=O) groups excluding carboxylic acids is 1. The molecule has 0 radical (unpaired) electrons. The monoisotopic (exact) mass is 252 g/mol. The standard InChI is InChI=1S/C10H9BrN2O/c11-8-6-9(12-7-8)10(14)13-4-2-1-3-5-13/h1-4,6-7,12H,5H2. The fraction of sp³-hybridized carbons (Fsp3) is 0.100. The lowest BCUT2D eigenvalue weighted by atomic mass is 10.3. The lowest BCUT2D eigenvalue weighted by Crippen LogP contribution is -2.27. The summed E-state index contributed by atoms with van der Waals surface area (Å²) in [4.78, 5) is 16.4. The number of halogens is 1. The molecule has 0 saturated carbocycles. The summed E-state index contributed by atoms with van der Waals surface area (Å²) in [7, 11) is 0. The van der Waals surface area contributed by atoms with E-state index >= 15 is 0 Å². The number of hydrogen-bond acceptors (Lipinski definition) is 1. The molecule has 1 aromatic heterocycles. The molecule has 0 aliphatic carbocycles. The third-order valence-electron chi connectivity index (χ3n) is 1.95. The minimum atomic E-state index is -0.0173. The number of rotatable bonds is 1. The lowest BCUT2D eigenvalue weighted by Gasteiger charge is -2.17. The molecule has 0 unspecified atom stereocenters. The van der Waals surface area contributed by atoms with Crippen LogP contribution in [0.3, 0.4) is 0 Å². The van der Waals surface area contributed by atoms with Crippen LogP contribution in [0.25, 0.3) is 0 Å². The number of nitrogens with zero attached hydrogens (tertiary/aromatic N) is 1. The molecule has 4 heteroatoms. The third-order valence-corrected chi connectivity index (χ3v) is 2.41. The van der Waals surface area contributed by atoms with Crippen molar-refractivity contribution < 1.29 is 4.79 Å². The van der Waals surface area contributed by atoms with Gasteiger partial charge in [0, 0.05) is 23.4 Å². The second-order valence-corrected chi connectivity index (χ2v) is 3.87. The van der Waals surface area contributed by atoms with Crippen LogP contribution in [0.15, 0.2) is 41.2 Å². The van der Waals surface area contributed by atoms with Crippen LogP contribution < -0.4 is 0 Å². The summed E-state index contributed by atoms with van der Waals surface area (Å²) in [5.74, 6) is -0.0173. The quantitative estimate of drug-likeness (QED) is 0.819. The molecule has 1 aliphatic rings. The van der Waals surface area contributed by atoms with Crippen LogP contribution in [-0.4, -0.2) is 22.3 Å². The summed E-state index contributed by atoms with van der Waals surface area (Å²) in [6, 6.07) is 1.77. The van der Waals surface area contributed by atoms with Crippen molar-refractivity contribution in [1.29, 1.82) is 0 Å². The second-order valence-electron chi connectivity index (χ2n) is 2.96. The van der Waals surface area contributed by atoms with Crippen molar-refractivity contribution in [2.45, 2.75) is 0 Å². The van der Waals surface area contributed by atoms with Gasteiger partial charge in [-0.3, -0.25) is 4.79 Å². The van der Waals surface area contributed by atoms with E-state index in [1.165, 1.54) is 0 Å². The van der Waals surface area contributed by atoms with Gasteiger partial charge < -0.3 is 9.88 Å². The fourth-order valence-electron chi connectivity index (χ4n) is 1.26. The zero-order chi connectivity index (χ0) is 9.97. The molecule has 1 aliphatic heterocycles. The van der Waals surface area contributed by atoms with Crippen LogP contribution in [0.4, 0.5) is 0 Å². The molecule has 0 atom stereocenters. The van der Waals surface area contributed by atoms with Crippen molar-refractivity contribution in [2.75, 3.05) is 6.54 Å². The molecule has 2 rings (SSSR count). The molecule has 1 amide bonds. The van der Waals surface area contributed by atoms with Gasteiger partial charge in [0.05, 0.1) is 0 Å². The summed E-state index contributed by atoms with van der Waals surface area (Å²) in [5.41, 5.74) is 0.594. The van der Waals surface area contributed by atoms with Crippen LogP contribution in [-0.2, 0) is 0 Å². The van der Waals surface area contributed by atoms with E-state index in [-0.39, 0.29) is 5.91 Å². The van der Waals surface area contributed by atoms with Gasteiger partial charge in [0.25, 0.3) is 5.91 Å². The number of allylic oxidation sites excluding steroid dienone is 2. The number of hydrogen-bond donors (Lipinski definition) is 1. The van der Waals surface area contributed by atoms with E-state index in [0.29, 0.717) is 12.2 Å². The van der Waals surface area contributed by atoms with Crippen LogP contribution >= 0.6 is 15.9 Å². The Morgan fingerprint density at radius 3 is 2.93 bits per heavy atom. The molecule has 0 bridgehead atoms. The summed E-state index contributed by atoms with van der Waals surface area (Å²) in [5, 5.41) is 0. The predicted molar refractivity (Wildman–Crippen MR) is 57.8 cm³/mol. The van der Waals surface area contributed by atoms with E-state index in [2.05, 4.69) is 20.9 Å². The van der Waals surface area contributed by atoms with Gasteiger partial charge in [-0.2, -0.15) is 0 Å². The van der Waals surface area contributed by atoms with E-state index < -0.39 is 0 Å². The zero-order valence-corrected chi connectivity index (χ0v) is 8.99. The number of carbonyl (C=O) groups is 1. The van der Waals surface area contributed by atoms with Gasteiger partial charge in [0.2, 0.25) is 0 Å². The van der Waals surface area contributed by atoms with Gasteiger partial charge >= 0.3 is 0 Å². The Kier molecular flexibility index (Phi) is 2.54. The van der Waals surface area contributed by atoms with Crippen LogP contribution in [0.1, 0.15) is 10.5 Å². The van der Waals surface area contributed by atoms with Crippen molar-refractivity contribution in [1.82, 2.24) is 9.88 Å². The summed E-state index contributed by atoms with van der Waals surface area (Å²) < 4.78 is 0.886. The first-order valence-corrected chi connectivity index (χ1v) is 5.05. The number of nitrogens with one attached hydrogen (secondary N) is 1. The second kappa shape index (κ2) is 3.84. The smallest absolute Gasteiger partial charge is 0.274 e. The fourth-order valence-corrected chi connectivity index (χ4v) is 1.61. The molecule has 72 valence electrons. The largest absolute Gasteiger partial charge is 0.356 e. The first kappa shape index (κ1) is 9.27. The molecule has 0 fully saturated rings. The van der Waals surface area contributed by atoms with Crippen LogP contribution in [0, 0.1) is 0 Å². The molecular weight excluding hydrogens is 244 g/mol. The van der Waals surface area contributed by atoms with Crippen molar-refractivity contribution in [3.8, 4) is 0 Å². The maximum atomic E-state index is 11.8. The Balaban J connectivity index is 2.16. The highest BCUT2D eigenvalue weighted by molar-refractivity contribution is 9.10. The van der Waals surface area contributed by atoms with Gasteiger partial charge in [-0.25, -0.2) is 0 Å². The molecule has 2 heterocycles. The SMILES string of the molecule is O=C(c1cc(Br)c[nH]1)N1C=CC=CC1. The molecule has 0 spiro atoms. The maximum absolute atomic E-state index is 11.8. The van der Waals surface area contributed by atoms with Crippen molar-refractivity contribution >= 4 is 21.8 Å². The number of amides is 1. The predicted octanol–water partition coefficient (Wildman–Crippen LogP) is 2.30. The molecule has 0 aromatic carbocycles. The Morgan fingerprint density at radius 2 is 2.36 bits per heavy atom. The van der Waals surface area contributed by atoms with Crippen molar-refractivity contribution in [2.24, 2.45) is 0 Å². The first-order chi connectivity index (χ1) is 6.77. The van der Waals surface area contributed by atoms with Crippen molar-refractivity contribution in [3.05, 3.63) is 46.9 Å². The van der Waals surface area contributed by atoms with E-state index in [1.54, 1.807) is 23.4 Å². The van der Waals surface area contributed by atoms with E-state index in [9.17, 15) is 4.79 Å². The van der Waals surface area contributed by atoms with E-state index in [1.807, 2.05) is 18.2 Å². The highest BCUT2D eigenvalue weighted by atomic mass is 79.9. The van der Waals surface area contributed by atoms with Gasteiger partial charge in [-0.1, -0.05) is 12.2 Å². The zero-order valence-electron chi connectivity index (χ0n) is 7.40. The van der Waals surface area contributed by atoms with Crippen LogP contribution in [0.2, 0.25) is 0 Å². The van der Waals surface area contributed by atoms with Crippen molar-refractivity contribution in [3.63, 3.8) is 0 Å². The summed E-state index contributed by atoms with van der Waals surface area (Å²) in [6.45, 7) is 0.631. The van der Waals surface area contributed by atoms with E-state index in [4.69, 9.17) is 0 Å². The Bertz CT molecular complexity index is 406. The summed E-state index contributed by atoms with van der Waals surface area (Å²) >= 11 is 3.29. The number of aromatic nitrogens is 1. The lowest BCUT2D eigenvalue weighted by molar-refractivity contribution is 0.0829. The molecule has 1 N–H and O–H groups in total. The highest BCUT2D eigenvalue weighted by Crippen LogP contribution is 2.13. The van der Waals surface area contributed by atoms with Gasteiger partial charge in [-0.05, 0) is 28.1 Å². The Hall–Kier alpha value is -1.29. The normalized spacial score (nSPS) is 14.8. The maximum Gasteiger partial charge on any atom is 0.274 e. The molecule has 1 aromatic rings. The van der Waals surface area contributed by atoms with Crippen LogP contribution in [0.5, 0.6) is 0 Å². The highest BCUT2D eigenvalue weighted by Gasteiger charge is 2.14. The molecular formula is C10H9BrN2O. The van der Waals surface area contributed by atoms with Gasteiger partial charge in [0.1, 0.15) is 5.69 Å². The minimum Gasteiger partial charge on any atom is -0.356 e. The Morgan fingerprint density at radius 1 is 1.50 bits per heavy atom. The number of H-pyrrole nitrogens is 1. The Labute approximate surface area is 90.2 Å². The molecule has 14 heavy (non-hydrogen) atoms. The van der Waals surface area contributed by atoms with Gasteiger partial charge in [0.15, 0.2) is 0 Å². The van der Waals surface area contributed by atoms with E-state index in [0.717, 1.165) is 4.47 Å². The topological polar surface area (TPSA) is 36.1 Å². The average molecular weight is 253 g/mol. The molecule has 0 saturated heterocycles. The third kappa shape index (κ3) is 1.80. The van der Waals surface area contributed by atoms with Gasteiger partial charge in [-0.15, -0.1) is 0 Å². The summed E-state index contributed by atoms with van der Waals surface area (Å²) in [6.07, 6.45) is 9.23. The average Bonchev–Trinajstić information content (AvgIpc) is 2.65. The minimum absolute atomic E-state index is 0.0173. The number of aromatic amines is 1. The first-order valence-electron chi connectivity index (χ1n) is 4.25. The molecule has 3 nitrogen and oxygen atoms in total.